The number of anilines is 1. The van der Waals surface area contributed by atoms with Gasteiger partial charge in [-0.3, -0.25) is 0 Å². The van der Waals surface area contributed by atoms with Gasteiger partial charge in [0.05, 0.1) is 0 Å². The van der Waals surface area contributed by atoms with Crippen LogP contribution >= 0.6 is 11.6 Å². The van der Waals surface area contributed by atoms with E-state index in [0.717, 1.165) is 24.5 Å². The molecule has 2 heterocycles. The lowest BCUT2D eigenvalue weighted by atomic mass is 10.2. The van der Waals surface area contributed by atoms with Crippen molar-refractivity contribution in [2.24, 2.45) is 0 Å². The van der Waals surface area contributed by atoms with Gasteiger partial charge in [0.1, 0.15) is 17.3 Å². The van der Waals surface area contributed by atoms with Crippen LogP contribution in [0.5, 0.6) is 0 Å². The van der Waals surface area contributed by atoms with Gasteiger partial charge in [0.25, 0.3) is 5.78 Å². The Bertz CT molecular complexity index is 594. The third kappa shape index (κ3) is 2.71. The van der Waals surface area contributed by atoms with E-state index in [1.54, 1.807) is 4.52 Å². The molecule has 0 aromatic carbocycles. The van der Waals surface area contributed by atoms with Crippen molar-refractivity contribution in [3.05, 3.63) is 17.0 Å². The van der Waals surface area contributed by atoms with Gasteiger partial charge in [0, 0.05) is 24.7 Å². The maximum Gasteiger partial charge on any atom is 0.255 e. The Hall–Kier alpha value is -1.40. The van der Waals surface area contributed by atoms with Gasteiger partial charge in [-0.2, -0.15) is 19.6 Å². The molecule has 0 fully saturated rings. The normalized spacial score (nSPS) is 13.2. The van der Waals surface area contributed by atoms with Crippen LogP contribution in [0.4, 0.5) is 5.82 Å². The minimum absolute atomic E-state index is 0.333. The average Bonchev–Trinajstić information content (AvgIpc) is 2.81. The molecule has 0 saturated heterocycles. The molecular weight excluding hydrogens is 276 g/mol. The monoisotopic (exact) mass is 296 g/mol. The van der Waals surface area contributed by atoms with E-state index in [1.165, 1.54) is 6.33 Å². The summed E-state index contributed by atoms with van der Waals surface area (Å²) in [5.41, 5.74) is 0.928. The summed E-state index contributed by atoms with van der Waals surface area (Å²) in [6.07, 6.45) is 1.51. The Morgan fingerprint density at radius 2 is 2.10 bits per heavy atom. The highest BCUT2D eigenvalue weighted by Crippen LogP contribution is 2.27. The van der Waals surface area contributed by atoms with E-state index in [2.05, 4.69) is 52.8 Å². The van der Waals surface area contributed by atoms with Crippen molar-refractivity contribution >= 4 is 23.2 Å². The van der Waals surface area contributed by atoms with Crippen LogP contribution in [0.2, 0.25) is 5.15 Å². The molecular formula is C13H21ClN6. The largest absolute Gasteiger partial charge is 0.352 e. The van der Waals surface area contributed by atoms with Gasteiger partial charge in [-0.15, -0.1) is 0 Å². The molecule has 110 valence electrons. The SMILES string of the molecule is CCN(c1c(C)c(Cl)nc2ncnn12)C(C)CN(C)C. The average molecular weight is 297 g/mol. The number of rotatable bonds is 5. The zero-order chi connectivity index (χ0) is 14.9. The number of likely N-dealkylation sites (N-methyl/N-ethyl adjacent to an activating group) is 2. The summed E-state index contributed by atoms with van der Waals surface area (Å²) in [6.45, 7) is 8.11. The fourth-order valence-corrected chi connectivity index (χ4v) is 2.68. The highest BCUT2D eigenvalue weighted by Gasteiger charge is 2.21. The molecule has 0 spiro atoms. The Labute approximate surface area is 124 Å². The van der Waals surface area contributed by atoms with E-state index < -0.39 is 0 Å². The maximum absolute atomic E-state index is 6.23. The van der Waals surface area contributed by atoms with E-state index in [4.69, 9.17) is 11.6 Å². The van der Waals surface area contributed by atoms with Gasteiger partial charge in [-0.1, -0.05) is 11.6 Å². The molecule has 0 radical (unpaired) electrons. The molecule has 7 heteroatoms. The molecule has 0 aliphatic rings. The van der Waals surface area contributed by atoms with Gasteiger partial charge in [0.15, 0.2) is 0 Å². The number of hydrogen-bond donors (Lipinski definition) is 0. The highest BCUT2D eigenvalue weighted by molar-refractivity contribution is 6.30. The minimum Gasteiger partial charge on any atom is -0.352 e. The lowest BCUT2D eigenvalue weighted by Gasteiger charge is -2.33. The lowest BCUT2D eigenvalue weighted by molar-refractivity contribution is 0.371. The quantitative estimate of drug-likeness (QED) is 0.788. The van der Waals surface area contributed by atoms with Crippen LogP contribution in [0.25, 0.3) is 5.78 Å². The van der Waals surface area contributed by atoms with Crippen LogP contribution in [0.15, 0.2) is 6.33 Å². The Kier molecular flexibility index (Phi) is 4.45. The van der Waals surface area contributed by atoms with Crippen molar-refractivity contribution in [1.29, 1.82) is 0 Å². The van der Waals surface area contributed by atoms with Crippen molar-refractivity contribution in [3.8, 4) is 0 Å². The predicted octanol–water partition coefficient (Wildman–Crippen LogP) is 1.86. The van der Waals surface area contributed by atoms with Crippen molar-refractivity contribution in [2.45, 2.75) is 26.8 Å². The Balaban J connectivity index is 2.53. The van der Waals surface area contributed by atoms with Crippen molar-refractivity contribution < 1.29 is 0 Å². The molecule has 1 atom stereocenters. The third-order valence-corrected chi connectivity index (χ3v) is 3.72. The second-order valence-corrected chi connectivity index (χ2v) is 5.58. The van der Waals surface area contributed by atoms with Gasteiger partial charge >= 0.3 is 0 Å². The van der Waals surface area contributed by atoms with Gasteiger partial charge in [-0.05, 0) is 34.9 Å². The van der Waals surface area contributed by atoms with Crippen LogP contribution in [0.1, 0.15) is 19.4 Å². The van der Waals surface area contributed by atoms with E-state index in [9.17, 15) is 0 Å². The summed E-state index contributed by atoms with van der Waals surface area (Å²) in [6, 6.07) is 0.333. The molecule has 2 aromatic rings. The van der Waals surface area contributed by atoms with Crippen molar-refractivity contribution in [2.75, 3.05) is 32.1 Å². The van der Waals surface area contributed by atoms with Crippen LogP contribution in [0.3, 0.4) is 0 Å². The molecule has 2 rings (SSSR count). The zero-order valence-corrected chi connectivity index (χ0v) is 13.4. The summed E-state index contributed by atoms with van der Waals surface area (Å²) < 4.78 is 1.76. The van der Waals surface area contributed by atoms with Gasteiger partial charge in [-0.25, -0.2) is 0 Å². The van der Waals surface area contributed by atoms with E-state index in [-0.39, 0.29) is 0 Å². The predicted molar refractivity (Wildman–Crippen MR) is 81.6 cm³/mol. The lowest BCUT2D eigenvalue weighted by Crippen LogP contribution is -2.41. The molecule has 2 aromatic heterocycles. The topological polar surface area (TPSA) is 49.6 Å². The smallest absolute Gasteiger partial charge is 0.255 e. The second-order valence-electron chi connectivity index (χ2n) is 5.22. The molecule has 0 aliphatic heterocycles. The number of hydrogen-bond acceptors (Lipinski definition) is 5. The first-order valence-electron chi connectivity index (χ1n) is 6.72. The molecule has 6 nitrogen and oxygen atoms in total. The molecule has 0 saturated carbocycles. The summed E-state index contributed by atoms with van der Waals surface area (Å²) >= 11 is 6.23. The maximum atomic E-state index is 6.23. The van der Waals surface area contributed by atoms with Crippen LogP contribution in [-0.4, -0.2) is 57.7 Å². The summed E-state index contributed by atoms with van der Waals surface area (Å²) in [7, 11) is 4.14. The Morgan fingerprint density at radius 3 is 2.70 bits per heavy atom. The van der Waals surface area contributed by atoms with Crippen molar-refractivity contribution in [3.63, 3.8) is 0 Å². The number of aromatic nitrogens is 4. The van der Waals surface area contributed by atoms with Crippen molar-refractivity contribution in [1.82, 2.24) is 24.5 Å². The first-order valence-corrected chi connectivity index (χ1v) is 7.10. The summed E-state index contributed by atoms with van der Waals surface area (Å²) in [4.78, 5) is 12.8. The van der Waals surface area contributed by atoms with E-state index >= 15 is 0 Å². The first-order chi connectivity index (χ1) is 9.45. The summed E-state index contributed by atoms with van der Waals surface area (Å²) in [5, 5.41) is 4.76. The zero-order valence-electron chi connectivity index (χ0n) is 12.6. The Morgan fingerprint density at radius 1 is 1.40 bits per heavy atom. The highest BCUT2D eigenvalue weighted by atomic mass is 35.5. The fourth-order valence-electron chi connectivity index (χ4n) is 2.52. The summed E-state index contributed by atoms with van der Waals surface area (Å²) in [5.74, 6) is 1.50. The fraction of sp³-hybridized carbons (Fsp3) is 0.615. The van der Waals surface area contributed by atoms with E-state index in [0.29, 0.717) is 17.0 Å². The van der Waals surface area contributed by atoms with Crippen LogP contribution in [-0.2, 0) is 0 Å². The van der Waals surface area contributed by atoms with Crippen LogP contribution in [0, 0.1) is 6.92 Å². The molecule has 0 bridgehead atoms. The first kappa shape index (κ1) is 15.0. The van der Waals surface area contributed by atoms with E-state index in [1.807, 2.05) is 6.92 Å². The second kappa shape index (κ2) is 5.93. The van der Waals surface area contributed by atoms with Gasteiger partial charge in [0.2, 0.25) is 0 Å². The number of fused-ring (bicyclic) bond motifs is 1. The molecule has 20 heavy (non-hydrogen) atoms. The molecule has 1 unspecified atom stereocenters. The number of halogens is 1. The molecule has 0 aliphatic carbocycles. The van der Waals surface area contributed by atoms with Gasteiger partial charge < -0.3 is 9.80 Å². The third-order valence-electron chi connectivity index (χ3n) is 3.35. The standard InChI is InChI=1S/C13H21ClN6/c1-6-19(9(2)7-18(4)5)12-10(3)11(14)17-13-15-8-16-20(12)13/h8-9H,6-7H2,1-5H3. The minimum atomic E-state index is 0.333. The number of nitrogens with zero attached hydrogens (tertiary/aromatic N) is 6. The van der Waals surface area contributed by atoms with Crippen LogP contribution < -0.4 is 4.90 Å². The molecule has 0 amide bonds. The molecule has 0 N–H and O–H groups in total.